The van der Waals surface area contributed by atoms with Crippen LogP contribution in [-0.4, -0.2) is 49.5 Å². The third-order valence-electron chi connectivity index (χ3n) is 3.76. The van der Waals surface area contributed by atoms with Crippen LogP contribution >= 0.6 is 0 Å². The van der Waals surface area contributed by atoms with E-state index in [1.807, 2.05) is 6.92 Å². The Labute approximate surface area is 93.4 Å². The van der Waals surface area contributed by atoms with Crippen molar-refractivity contribution in [3.8, 4) is 0 Å². The molecule has 0 atom stereocenters. The minimum atomic E-state index is 0.210. The molecule has 3 heteroatoms. The van der Waals surface area contributed by atoms with Gasteiger partial charge in [-0.1, -0.05) is 6.92 Å². The normalized spacial score (nSPS) is 21.8. The molecule has 0 aliphatic carbocycles. The average molecular weight is 215 g/mol. The van der Waals surface area contributed by atoms with Crippen molar-refractivity contribution < 1.29 is 9.84 Å². The van der Waals surface area contributed by atoms with Crippen LogP contribution in [0, 0.1) is 5.41 Å². The first-order valence-corrected chi connectivity index (χ1v) is 6.17. The van der Waals surface area contributed by atoms with Gasteiger partial charge in [-0.2, -0.15) is 0 Å². The lowest BCUT2D eigenvalue weighted by atomic mass is 9.77. The summed E-state index contributed by atoms with van der Waals surface area (Å²) < 4.78 is 5.35. The third kappa shape index (κ3) is 3.74. The van der Waals surface area contributed by atoms with Crippen LogP contribution < -0.4 is 0 Å². The molecule has 1 aliphatic heterocycles. The first-order chi connectivity index (χ1) is 7.26. The van der Waals surface area contributed by atoms with Gasteiger partial charge in [-0.25, -0.2) is 0 Å². The topological polar surface area (TPSA) is 32.7 Å². The Morgan fingerprint density at radius 2 is 1.93 bits per heavy atom. The lowest BCUT2D eigenvalue weighted by molar-refractivity contribution is 0.0279. The molecule has 1 N–H and O–H groups in total. The number of aliphatic hydroxyl groups excluding tert-OH is 1. The van der Waals surface area contributed by atoms with Crippen LogP contribution in [0.1, 0.15) is 33.1 Å². The smallest absolute Gasteiger partial charge is 0.0593 e. The van der Waals surface area contributed by atoms with E-state index < -0.39 is 0 Å². The highest BCUT2D eigenvalue weighted by Crippen LogP contribution is 2.33. The molecule has 1 heterocycles. The fourth-order valence-electron chi connectivity index (χ4n) is 2.21. The van der Waals surface area contributed by atoms with E-state index in [4.69, 9.17) is 4.74 Å². The predicted molar refractivity (Wildman–Crippen MR) is 62.0 cm³/mol. The number of rotatable bonds is 6. The highest BCUT2D eigenvalue weighted by Gasteiger charge is 2.31. The van der Waals surface area contributed by atoms with E-state index in [-0.39, 0.29) is 5.41 Å². The Morgan fingerprint density at radius 3 is 2.40 bits per heavy atom. The van der Waals surface area contributed by atoms with Gasteiger partial charge in [0.05, 0.1) is 6.61 Å². The Morgan fingerprint density at radius 1 is 1.27 bits per heavy atom. The van der Waals surface area contributed by atoms with Crippen molar-refractivity contribution in [1.82, 2.24) is 4.90 Å². The maximum atomic E-state index is 9.40. The number of hydrogen-bond acceptors (Lipinski definition) is 3. The molecule has 1 rings (SSSR count). The van der Waals surface area contributed by atoms with Crippen molar-refractivity contribution in [2.75, 3.05) is 39.5 Å². The minimum Gasteiger partial charge on any atom is -0.396 e. The zero-order chi connectivity index (χ0) is 11.1. The van der Waals surface area contributed by atoms with Crippen LogP contribution in [0.3, 0.4) is 0 Å². The van der Waals surface area contributed by atoms with E-state index in [1.54, 1.807) is 0 Å². The number of ether oxygens (including phenoxy) is 1. The highest BCUT2D eigenvalue weighted by molar-refractivity contribution is 4.84. The van der Waals surface area contributed by atoms with Gasteiger partial charge in [0.15, 0.2) is 0 Å². The molecule has 1 aliphatic rings. The molecule has 15 heavy (non-hydrogen) atoms. The highest BCUT2D eigenvalue weighted by atomic mass is 16.5. The number of likely N-dealkylation sites (tertiary alicyclic amines) is 1. The van der Waals surface area contributed by atoms with Crippen molar-refractivity contribution in [1.29, 1.82) is 0 Å². The fraction of sp³-hybridized carbons (Fsp3) is 1.00. The van der Waals surface area contributed by atoms with E-state index >= 15 is 0 Å². The molecule has 0 aromatic carbocycles. The van der Waals surface area contributed by atoms with Crippen LogP contribution in [0.4, 0.5) is 0 Å². The van der Waals surface area contributed by atoms with Gasteiger partial charge in [0, 0.05) is 19.8 Å². The van der Waals surface area contributed by atoms with E-state index in [0.29, 0.717) is 6.61 Å². The fourth-order valence-corrected chi connectivity index (χ4v) is 2.21. The van der Waals surface area contributed by atoms with Crippen molar-refractivity contribution >= 4 is 0 Å². The molecule has 0 unspecified atom stereocenters. The van der Waals surface area contributed by atoms with Crippen molar-refractivity contribution in [3.63, 3.8) is 0 Å². The average Bonchev–Trinajstić information content (AvgIpc) is 2.31. The Kier molecular flexibility index (Phi) is 5.58. The van der Waals surface area contributed by atoms with Gasteiger partial charge in [-0.05, 0) is 44.7 Å². The molecule has 1 saturated heterocycles. The standard InChI is InChI=1S/C12H25NO2/c1-3-12(11-14)5-7-13(8-6-12)9-10-15-4-2/h14H,3-11H2,1-2H3. The van der Waals surface area contributed by atoms with Gasteiger partial charge in [0.2, 0.25) is 0 Å². The summed E-state index contributed by atoms with van der Waals surface area (Å²) in [5.74, 6) is 0. The van der Waals surface area contributed by atoms with Crippen LogP contribution in [0.25, 0.3) is 0 Å². The predicted octanol–water partition coefficient (Wildman–Crippen LogP) is 1.51. The molecule has 3 nitrogen and oxygen atoms in total. The summed E-state index contributed by atoms with van der Waals surface area (Å²) in [6, 6.07) is 0. The molecular formula is C12H25NO2. The lowest BCUT2D eigenvalue weighted by Gasteiger charge is -2.40. The number of nitrogens with zero attached hydrogens (tertiary/aromatic N) is 1. The molecule has 0 saturated carbocycles. The molecule has 1 fully saturated rings. The Hall–Kier alpha value is -0.120. The molecule has 0 radical (unpaired) electrons. The quantitative estimate of drug-likeness (QED) is 0.682. The van der Waals surface area contributed by atoms with E-state index in [1.165, 1.54) is 0 Å². The van der Waals surface area contributed by atoms with Gasteiger partial charge in [-0.15, -0.1) is 0 Å². The second kappa shape index (κ2) is 6.46. The summed E-state index contributed by atoms with van der Waals surface area (Å²) in [5, 5.41) is 9.40. The molecule has 0 aromatic rings. The molecule has 0 aromatic heterocycles. The Bertz CT molecular complexity index is 159. The third-order valence-corrected chi connectivity index (χ3v) is 3.76. The minimum absolute atomic E-state index is 0.210. The summed E-state index contributed by atoms with van der Waals surface area (Å²) in [6.07, 6.45) is 3.36. The van der Waals surface area contributed by atoms with E-state index in [2.05, 4.69) is 11.8 Å². The van der Waals surface area contributed by atoms with E-state index in [9.17, 15) is 5.11 Å². The monoisotopic (exact) mass is 215 g/mol. The van der Waals surface area contributed by atoms with Gasteiger partial charge in [-0.3, -0.25) is 0 Å². The molecule has 90 valence electrons. The summed E-state index contributed by atoms with van der Waals surface area (Å²) in [7, 11) is 0. The van der Waals surface area contributed by atoms with Crippen LogP contribution in [0.5, 0.6) is 0 Å². The van der Waals surface area contributed by atoms with Gasteiger partial charge in [0.1, 0.15) is 0 Å². The molecular weight excluding hydrogens is 190 g/mol. The first-order valence-electron chi connectivity index (χ1n) is 6.17. The summed E-state index contributed by atoms with van der Waals surface area (Å²) in [6.45, 7) is 9.49. The molecule has 0 bridgehead atoms. The van der Waals surface area contributed by atoms with Crippen molar-refractivity contribution in [3.05, 3.63) is 0 Å². The van der Waals surface area contributed by atoms with Gasteiger partial charge < -0.3 is 14.7 Å². The van der Waals surface area contributed by atoms with Gasteiger partial charge >= 0.3 is 0 Å². The second-order valence-corrected chi connectivity index (χ2v) is 4.55. The molecule has 0 amide bonds. The Balaban J connectivity index is 2.22. The zero-order valence-electron chi connectivity index (χ0n) is 10.2. The number of hydrogen-bond donors (Lipinski definition) is 1. The maximum absolute atomic E-state index is 9.40. The summed E-state index contributed by atoms with van der Waals surface area (Å²) in [4.78, 5) is 2.44. The van der Waals surface area contributed by atoms with Crippen LogP contribution in [-0.2, 0) is 4.74 Å². The zero-order valence-corrected chi connectivity index (χ0v) is 10.2. The maximum Gasteiger partial charge on any atom is 0.0593 e. The first kappa shape index (κ1) is 12.9. The van der Waals surface area contributed by atoms with Crippen molar-refractivity contribution in [2.45, 2.75) is 33.1 Å². The second-order valence-electron chi connectivity index (χ2n) is 4.55. The lowest BCUT2D eigenvalue weighted by Crippen LogP contribution is -2.42. The SMILES string of the molecule is CCOCCN1CCC(CC)(CO)CC1. The van der Waals surface area contributed by atoms with Crippen molar-refractivity contribution in [2.24, 2.45) is 5.41 Å². The summed E-state index contributed by atoms with van der Waals surface area (Å²) >= 11 is 0. The number of piperidine rings is 1. The number of aliphatic hydroxyl groups is 1. The summed E-state index contributed by atoms with van der Waals surface area (Å²) in [5.41, 5.74) is 0.210. The van der Waals surface area contributed by atoms with Crippen LogP contribution in [0.15, 0.2) is 0 Å². The van der Waals surface area contributed by atoms with Crippen LogP contribution in [0.2, 0.25) is 0 Å². The largest absolute Gasteiger partial charge is 0.396 e. The molecule has 0 spiro atoms. The van der Waals surface area contributed by atoms with E-state index in [0.717, 1.165) is 52.1 Å². The van der Waals surface area contributed by atoms with Gasteiger partial charge in [0.25, 0.3) is 0 Å².